The Hall–Kier alpha value is -3.27. The Morgan fingerprint density at radius 2 is 2.00 bits per heavy atom. The topological polar surface area (TPSA) is 116 Å². The van der Waals surface area contributed by atoms with Gasteiger partial charge in [-0.1, -0.05) is 30.0 Å². The van der Waals surface area contributed by atoms with E-state index in [-0.39, 0.29) is 17.3 Å². The van der Waals surface area contributed by atoms with Crippen LogP contribution in [0.3, 0.4) is 0 Å². The predicted octanol–water partition coefficient (Wildman–Crippen LogP) is 3.00. The maximum Gasteiger partial charge on any atom is 0.287 e. The van der Waals surface area contributed by atoms with Gasteiger partial charge in [0, 0.05) is 18.3 Å². The van der Waals surface area contributed by atoms with E-state index in [0.717, 1.165) is 5.69 Å². The van der Waals surface area contributed by atoms with Crippen molar-refractivity contribution in [1.29, 1.82) is 0 Å². The summed E-state index contributed by atoms with van der Waals surface area (Å²) >= 11 is 1.26. The van der Waals surface area contributed by atoms with Crippen molar-refractivity contribution in [2.45, 2.75) is 18.6 Å². The van der Waals surface area contributed by atoms with Gasteiger partial charge in [-0.3, -0.25) is 14.9 Å². The van der Waals surface area contributed by atoms with Crippen molar-refractivity contribution in [2.75, 3.05) is 11.1 Å². The highest BCUT2D eigenvalue weighted by Crippen LogP contribution is 2.24. The number of para-hydroxylation sites is 1. The lowest BCUT2D eigenvalue weighted by molar-refractivity contribution is -0.385. The normalized spacial score (nSPS) is 10.6. The third-order valence-electron chi connectivity index (χ3n) is 3.61. The van der Waals surface area contributed by atoms with Gasteiger partial charge >= 0.3 is 0 Å². The van der Waals surface area contributed by atoms with Crippen LogP contribution in [0.2, 0.25) is 0 Å². The van der Waals surface area contributed by atoms with Crippen LogP contribution in [-0.4, -0.2) is 36.3 Å². The van der Waals surface area contributed by atoms with E-state index in [1.165, 1.54) is 30.1 Å². The lowest BCUT2D eigenvalue weighted by Gasteiger charge is -2.07. The van der Waals surface area contributed by atoms with Gasteiger partial charge in [-0.25, -0.2) is 4.98 Å². The van der Waals surface area contributed by atoms with Gasteiger partial charge < -0.3 is 9.88 Å². The van der Waals surface area contributed by atoms with Gasteiger partial charge in [-0.2, -0.15) is 0 Å². The smallest absolute Gasteiger partial charge is 0.287 e. The maximum absolute atomic E-state index is 12.1. The highest BCUT2D eigenvalue weighted by molar-refractivity contribution is 7.99. The molecule has 0 aliphatic heterocycles. The predicted molar refractivity (Wildman–Crippen MR) is 101 cm³/mol. The van der Waals surface area contributed by atoms with Crippen molar-refractivity contribution < 1.29 is 9.72 Å². The average molecular weight is 384 g/mol. The Morgan fingerprint density at radius 3 is 2.63 bits per heavy atom. The number of benzene rings is 1. The first-order valence-electron chi connectivity index (χ1n) is 8.10. The molecule has 0 saturated heterocycles. The van der Waals surface area contributed by atoms with Crippen molar-refractivity contribution in [1.82, 2.24) is 19.7 Å². The van der Waals surface area contributed by atoms with Crippen molar-refractivity contribution in [3.63, 3.8) is 0 Å². The molecule has 0 fully saturated rings. The molecule has 3 rings (SSSR count). The minimum absolute atomic E-state index is 0.0894. The Morgan fingerprint density at radius 1 is 1.22 bits per heavy atom. The zero-order valence-corrected chi connectivity index (χ0v) is 15.2. The molecule has 1 N–H and O–H groups in total. The summed E-state index contributed by atoms with van der Waals surface area (Å²) in [4.78, 5) is 26.4. The number of hydrogen-bond donors (Lipinski definition) is 1. The number of nitrogens with one attached hydrogen (secondary N) is 1. The van der Waals surface area contributed by atoms with Crippen LogP contribution in [0.25, 0.3) is 11.5 Å². The van der Waals surface area contributed by atoms with Crippen LogP contribution >= 0.6 is 11.8 Å². The summed E-state index contributed by atoms with van der Waals surface area (Å²) in [5.41, 5.74) is 1.12. The molecule has 138 valence electrons. The molecule has 27 heavy (non-hydrogen) atoms. The molecular formula is C17H16N6O3S. The quantitative estimate of drug-likeness (QED) is 0.378. The highest BCUT2D eigenvalue weighted by Gasteiger charge is 2.16. The first-order chi connectivity index (χ1) is 13.1. The van der Waals surface area contributed by atoms with E-state index in [4.69, 9.17) is 0 Å². The number of aromatic nitrogens is 4. The third-order valence-corrected chi connectivity index (χ3v) is 4.58. The Kier molecular flexibility index (Phi) is 5.77. The summed E-state index contributed by atoms with van der Waals surface area (Å²) in [7, 11) is 0. The number of thioether (sulfide) groups is 1. The molecule has 0 radical (unpaired) electrons. The van der Waals surface area contributed by atoms with E-state index in [9.17, 15) is 14.9 Å². The van der Waals surface area contributed by atoms with Crippen LogP contribution in [0, 0.1) is 10.1 Å². The molecule has 2 heterocycles. The zero-order chi connectivity index (χ0) is 19.2. The standard InChI is InChI=1S/C17H16N6O3S/c1-2-22-16(14-9-8-13(10-18-14)23(25)26)20-21-17(22)27-11-15(24)19-12-6-4-3-5-7-12/h3-10H,2,11H2,1H3,(H,19,24). The lowest BCUT2D eigenvalue weighted by Crippen LogP contribution is -2.14. The van der Waals surface area contributed by atoms with Crippen LogP contribution in [0.15, 0.2) is 53.8 Å². The molecular weight excluding hydrogens is 368 g/mol. The van der Waals surface area contributed by atoms with Gasteiger partial charge in [0.2, 0.25) is 5.91 Å². The molecule has 0 aliphatic carbocycles. The van der Waals surface area contributed by atoms with Crippen LogP contribution < -0.4 is 5.32 Å². The van der Waals surface area contributed by atoms with E-state index in [0.29, 0.717) is 23.2 Å². The molecule has 0 atom stereocenters. The van der Waals surface area contributed by atoms with Crippen molar-refractivity contribution >= 4 is 29.0 Å². The molecule has 2 aromatic heterocycles. The van der Waals surface area contributed by atoms with Crippen LogP contribution in [0.1, 0.15) is 6.92 Å². The number of rotatable bonds is 7. The van der Waals surface area contributed by atoms with Crippen LogP contribution in [-0.2, 0) is 11.3 Å². The minimum atomic E-state index is -0.506. The number of carbonyl (C=O) groups excluding carboxylic acids is 1. The monoisotopic (exact) mass is 384 g/mol. The second kappa shape index (κ2) is 8.41. The first-order valence-corrected chi connectivity index (χ1v) is 9.08. The molecule has 1 amide bonds. The summed E-state index contributed by atoms with van der Waals surface area (Å²) in [5, 5.41) is 22.4. The van der Waals surface area contributed by atoms with Gasteiger partial charge in [0.05, 0.1) is 10.7 Å². The van der Waals surface area contributed by atoms with E-state index in [2.05, 4.69) is 20.5 Å². The SMILES string of the molecule is CCn1c(SCC(=O)Nc2ccccc2)nnc1-c1ccc([N+](=O)[O-])cn1. The molecule has 3 aromatic rings. The van der Waals surface area contributed by atoms with Crippen LogP contribution in [0.5, 0.6) is 0 Å². The number of nitro groups is 1. The first kappa shape index (κ1) is 18.5. The highest BCUT2D eigenvalue weighted by atomic mass is 32.2. The van der Waals surface area contributed by atoms with Gasteiger partial charge in [0.15, 0.2) is 11.0 Å². The fourth-order valence-corrected chi connectivity index (χ4v) is 3.15. The summed E-state index contributed by atoms with van der Waals surface area (Å²) in [6.45, 7) is 2.50. The Balaban J connectivity index is 1.70. The molecule has 0 aliphatic rings. The minimum Gasteiger partial charge on any atom is -0.325 e. The second-order valence-electron chi connectivity index (χ2n) is 5.41. The number of pyridine rings is 1. The van der Waals surface area contributed by atoms with E-state index >= 15 is 0 Å². The van der Waals surface area contributed by atoms with Crippen molar-refractivity contribution in [2.24, 2.45) is 0 Å². The fraction of sp³-hybridized carbons (Fsp3) is 0.176. The molecule has 0 bridgehead atoms. The summed E-state index contributed by atoms with van der Waals surface area (Å²) in [6.07, 6.45) is 1.18. The number of nitrogens with zero attached hydrogens (tertiary/aromatic N) is 5. The average Bonchev–Trinajstić information content (AvgIpc) is 3.10. The van der Waals surface area contributed by atoms with Gasteiger partial charge in [0.25, 0.3) is 5.69 Å². The molecule has 9 nitrogen and oxygen atoms in total. The second-order valence-corrected chi connectivity index (χ2v) is 6.35. The number of carbonyl (C=O) groups is 1. The molecule has 0 unspecified atom stereocenters. The van der Waals surface area contributed by atoms with Gasteiger partial charge in [0.1, 0.15) is 11.9 Å². The Bertz CT molecular complexity index is 943. The van der Waals surface area contributed by atoms with Crippen LogP contribution in [0.4, 0.5) is 11.4 Å². The lowest BCUT2D eigenvalue weighted by atomic mass is 10.3. The summed E-state index contributed by atoms with van der Waals surface area (Å²) in [6, 6.07) is 12.1. The van der Waals surface area contributed by atoms with Crippen molar-refractivity contribution in [3.05, 3.63) is 58.8 Å². The van der Waals surface area contributed by atoms with E-state index in [1.807, 2.05) is 41.8 Å². The summed E-state index contributed by atoms with van der Waals surface area (Å²) < 4.78 is 1.81. The van der Waals surface area contributed by atoms with Gasteiger partial charge in [-0.05, 0) is 25.1 Å². The molecule has 1 aromatic carbocycles. The molecule has 0 spiro atoms. The zero-order valence-electron chi connectivity index (χ0n) is 14.4. The van der Waals surface area contributed by atoms with Gasteiger partial charge in [-0.15, -0.1) is 10.2 Å². The number of hydrogen-bond acceptors (Lipinski definition) is 7. The van der Waals surface area contributed by atoms with Crippen molar-refractivity contribution in [3.8, 4) is 11.5 Å². The third kappa shape index (κ3) is 4.47. The summed E-state index contributed by atoms with van der Waals surface area (Å²) in [5.74, 6) is 0.533. The fourth-order valence-electron chi connectivity index (χ4n) is 2.34. The number of anilines is 1. The van der Waals surface area contributed by atoms with E-state index in [1.54, 1.807) is 0 Å². The maximum atomic E-state index is 12.1. The Labute approximate surface area is 159 Å². The molecule has 10 heteroatoms. The largest absolute Gasteiger partial charge is 0.325 e. The number of amides is 1. The van der Waals surface area contributed by atoms with E-state index < -0.39 is 4.92 Å². The molecule has 0 saturated carbocycles.